The summed E-state index contributed by atoms with van der Waals surface area (Å²) in [5, 5.41) is 0. The van der Waals surface area contributed by atoms with Crippen molar-refractivity contribution in [1.82, 2.24) is 0 Å². The Bertz CT molecular complexity index is 134. The van der Waals surface area contributed by atoms with Crippen molar-refractivity contribution in [3.63, 3.8) is 0 Å². The largest absolute Gasteiger partial charge is 0.249 e. The first-order chi connectivity index (χ1) is 5.07. The van der Waals surface area contributed by atoms with E-state index in [9.17, 15) is 0 Å². The highest BCUT2D eigenvalue weighted by Gasteiger charge is 2.49. The van der Waals surface area contributed by atoms with E-state index in [-0.39, 0.29) is 4.79 Å². The Labute approximate surface area is 101 Å². The summed E-state index contributed by atoms with van der Waals surface area (Å²) in [5.41, 5.74) is 0. The molecular formula is C4H11Cl5Si3. The van der Waals surface area contributed by atoms with Gasteiger partial charge in [-0.1, -0.05) is 13.1 Å². The van der Waals surface area contributed by atoms with Gasteiger partial charge in [-0.3, -0.25) is 0 Å². The van der Waals surface area contributed by atoms with Crippen LogP contribution in [0, 0.1) is 0 Å². The van der Waals surface area contributed by atoms with E-state index in [2.05, 4.69) is 0 Å². The molecule has 0 N–H and O–H groups in total. The van der Waals surface area contributed by atoms with Crippen molar-refractivity contribution in [3.05, 3.63) is 0 Å². The average Bonchev–Trinajstić information content (AvgIpc) is 1.49. The molecule has 0 radical (unpaired) electrons. The maximum Gasteiger partial charge on any atom is 0.249 e. The fourth-order valence-corrected chi connectivity index (χ4v) is 35.1. The van der Waals surface area contributed by atoms with Crippen molar-refractivity contribution in [3.8, 4) is 0 Å². The maximum absolute atomic E-state index is 6.25. The van der Waals surface area contributed by atoms with Gasteiger partial charge in [0.25, 0.3) is 0 Å². The summed E-state index contributed by atoms with van der Waals surface area (Å²) in [5.74, 6) is 0. The van der Waals surface area contributed by atoms with Gasteiger partial charge in [-0.15, -0.1) is 22.2 Å². The molecule has 1 atom stereocenters. The molecular weight excluding hydrogens is 310 g/mol. The minimum Gasteiger partial charge on any atom is -0.168 e. The zero-order valence-corrected chi connectivity index (χ0v) is 14.0. The first kappa shape index (κ1) is 14.1. The molecule has 0 fully saturated rings. The van der Waals surface area contributed by atoms with E-state index < -0.39 is 21.5 Å². The Morgan fingerprint density at radius 2 is 1.33 bits per heavy atom. The summed E-state index contributed by atoms with van der Waals surface area (Å²) in [6.07, 6.45) is 0. The van der Waals surface area contributed by atoms with E-state index in [4.69, 9.17) is 55.4 Å². The normalized spacial score (nSPS) is 16.8. The van der Waals surface area contributed by atoms with Gasteiger partial charge < -0.3 is 0 Å². The minimum atomic E-state index is -2.31. The molecule has 0 aliphatic heterocycles. The van der Waals surface area contributed by atoms with Crippen LogP contribution >= 0.6 is 55.4 Å². The molecule has 0 amide bonds. The lowest BCUT2D eigenvalue weighted by molar-refractivity contribution is 1.59. The topological polar surface area (TPSA) is 0 Å². The van der Waals surface area contributed by atoms with Gasteiger partial charge in [0.2, 0.25) is 14.1 Å². The molecule has 0 nitrogen and oxygen atoms in total. The Morgan fingerprint density at radius 1 is 1.00 bits per heavy atom. The van der Waals surface area contributed by atoms with Crippen LogP contribution in [-0.4, -0.2) is 21.5 Å². The van der Waals surface area contributed by atoms with Crippen molar-refractivity contribution in [1.29, 1.82) is 0 Å². The third-order valence-corrected chi connectivity index (χ3v) is 24.7. The van der Waals surface area contributed by atoms with E-state index >= 15 is 0 Å². The highest BCUT2D eigenvalue weighted by atomic mass is 35.7. The van der Waals surface area contributed by atoms with Crippen LogP contribution in [0.5, 0.6) is 0 Å². The summed E-state index contributed by atoms with van der Waals surface area (Å²) in [4.78, 5) is 0.0262. The number of hydrogen-bond donors (Lipinski definition) is 0. The monoisotopic (exact) mass is 318 g/mol. The molecule has 1 unspecified atom stereocenters. The summed E-state index contributed by atoms with van der Waals surface area (Å²) >= 11 is 30.3. The van der Waals surface area contributed by atoms with Gasteiger partial charge in [0.05, 0.1) is 0 Å². The summed E-state index contributed by atoms with van der Waals surface area (Å²) in [6, 6.07) is 0. The van der Waals surface area contributed by atoms with Crippen LogP contribution in [0.4, 0.5) is 0 Å². The Kier molecular flexibility index (Phi) is 5.58. The van der Waals surface area contributed by atoms with Crippen molar-refractivity contribution in [2.24, 2.45) is 0 Å². The molecule has 0 saturated heterocycles. The molecule has 74 valence electrons. The van der Waals surface area contributed by atoms with Crippen LogP contribution in [-0.2, 0) is 0 Å². The lowest BCUT2D eigenvalue weighted by Gasteiger charge is -2.32. The third-order valence-electron chi connectivity index (χ3n) is 1.54. The molecule has 0 rings (SSSR count). The molecule has 0 spiro atoms. The van der Waals surface area contributed by atoms with Crippen LogP contribution in [0.2, 0.25) is 24.4 Å². The summed E-state index contributed by atoms with van der Waals surface area (Å²) in [6.45, 7) is 3.50. The second-order valence-corrected chi connectivity index (χ2v) is 24.6. The lowest BCUT2D eigenvalue weighted by atomic mass is 11.8. The third kappa shape index (κ3) is 4.55. The Morgan fingerprint density at radius 3 is 1.33 bits per heavy atom. The fourth-order valence-electron chi connectivity index (χ4n) is 1.12. The molecule has 12 heavy (non-hydrogen) atoms. The standard InChI is InChI=1S/C4H11Cl5Si3/c1-11(2,7)4(10(5)6)12(3,8)9/h4,10H,1-3H3. The van der Waals surface area contributed by atoms with Crippen molar-refractivity contribution in [2.75, 3.05) is 0 Å². The maximum atomic E-state index is 6.25. The smallest absolute Gasteiger partial charge is 0.168 e. The molecule has 0 aromatic rings. The van der Waals surface area contributed by atoms with E-state index in [1.54, 1.807) is 0 Å². The predicted octanol–water partition coefficient (Wildman–Crippen LogP) is 4.13. The molecule has 0 saturated carbocycles. The number of halogens is 5. The van der Waals surface area contributed by atoms with Crippen molar-refractivity contribution in [2.45, 2.75) is 24.4 Å². The molecule has 0 aliphatic rings. The lowest BCUT2D eigenvalue weighted by Crippen LogP contribution is -2.44. The van der Waals surface area contributed by atoms with Gasteiger partial charge in [0.1, 0.15) is 0 Å². The van der Waals surface area contributed by atoms with Crippen LogP contribution < -0.4 is 0 Å². The van der Waals surface area contributed by atoms with E-state index in [1.165, 1.54) is 0 Å². The second kappa shape index (κ2) is 4.75. The molecule has 0 aliphatic carbocycles. The van der Waals surface area contributed by atoms with Gasteiger partial charge in [0.15, 0.2) is 7.38 Å². The first-order valence-electron chi connectivity index (χ1n) is 3.41. The van der Waals surface area contributed by atoms with Crippen LogP contribution in [0.15, 0.2) is 0 Å². The SMILES string of the molecule is C[Si](C)(Cl)C([SiH](Cl)Cl)[Si](C)(Cl)Cl. The van der Waals surface area contributed by atoms with Crippen molar-refractivity contribution < 1.29 is 0 Å². The Balaban J connectivity index is 4.70. The van der Waals surface area contributed by atoms with Gasteiger partial charge in [-0.25, -0.2) is 0 Å². The van der Waals surface area contributed by atoms with Crippen LogP contribution in [0.25, 0.3) is 0 Å². The van der Waals surface area contributed by atoms with Crippen LogP contribution in [0.1, 0.15) is 0 Å². The molecule has 8 heteroatoms. The predicted molar refractivity (Wildman–Crippen MR) is 69.3 cm³/mol. The minimum absolute atomic E-state index is 0.0262. The highest BCUT2D eigenvalue weighted by Crippen LogP contribution is 2.43. The van der Waals surface area contributed by atoms with Gasteiger partial charge in [-0.2, -0.15) is 33.2 Å². The molecule has 0 heterocycles. The van der Waals surface area contributed by atoms with E-state index in [0.717, 1.165) is 0 Å². The zero-order chi connectivity index (χ0) is 10.2. The first-order valence-corrected chi connectivity index (χ1v) is 16.3. The fraction of sp³-hybridized carbons (Fsp3) is 1.00. The molecule has 0 bridgehead atoms. The summed E-state index contributed by atoms with van der Waals surface area (Å²) in [7, 11) is -3.78. The average molecular weight is 321 g/mol. The molecule has 0 aromatic heterocycles. The quantitative estimate of drug-likeness (QED) is 0.542. The van der Waals surface area contributed by atoms with Crippen LogP contribution in [0.3, 0.4) is 0 Å². The zero-order valence-electron chi connectivity index (χ0n) is 7.04. The number of rotatable bonds is 3. The summed E-state index contributed by atoms with van der Waals surface area (Å²) < 4.78 is 0. The van der Waals surface area contributed by atoms with Gasteiger partial charge in [0, 0.05) is 4.79 Å². The van der Waals surface area contributed by atoms with E-state index in [0.29, 0.717) is 0 Å². The van der Waals surface area contributed by atoms with Gasteiger partial charge in [-0.05, 0) is 6.55 Å². The number of hydrogen-bond acceptors (Lipinski definition) is 0. The van der Waals surface area contributed by atoms with Gasteiger partial charge >= 0.3 is 0 Å². The van der Waals surface area contributed by atoms with Crippen molar-refractivity contribution >= 4 is 76.9 Å². The second-order valence-electron chi connectivity index (χ2n) is 3.33. The highest BCUT2D eigenvalue weighted by molar-refractivity contribution is 7.58. The molecule has 0 aromatic carbocycles. The Hall–Kier alpha value is 2.10. The van der Waals surface area contributed by atoms with E-state index in [1.807, 2.05) is 19.6 Å².